The molecule has 2 aliphatic rings. The molecule has 2 unspecified atom stereocenters. The fraction of sp³-hybridized carbons (Fsp3) is 0.667. The first-order valence-electron chi connectivity index (χ1n) is 7.89. The van der Waals surface area contributed by atoms with Crippen molar-refractivity contribution in [3.8, 4) is 0 Å². The van der Waals surface area contributed by atoms with E-state index in [4.69, 9.17) is 4.74 Å². The molecule has 0 spiro atoms. The van der Waals surface area contributed by atoms with E-state index < -0.39 is 0 Å². The highest BCUT2D eigenvalue weighted by Gasteiger charge is 2.47. The molecule has 1 saturated carbocycles. The normalized spacial score (nSPS) is 29.3. The molecule has 0 amide bonds. The quantitative estimate of drug-likeness (QED) is 0.892. The van der Waals surface area contributed by atoms with Crippen LogP contribution >= 0.6 is 0 Å². The third kappa shape index (κ3) is 2.91. The summed E-state index contributed by atoms with van der Waals surface area (Å²) in [7, 11) is 0. The van der Waals surface area contributed by atoms with Gasteiger partial charge in [-0.15, -0.1) is 0 Å². The lowest BCUT2D eigenvalue weighted by Crippen LogP contribution is -2.45. The number of hydrogen-bond donors (Lipinski definition) is 1. The summed E-state index contributed by atoms with van der Waals surface area (Å²) in [4.78, 5) is 0. The topological polar surface area (TPSA) is 21.3 Å². The zero-order valence-electron chi connectivity index (χ0n) is 13.1. The first-order chi connectivity index (χ1) is 9.37. The molecule has 1 aromatic rings. The van der Waals surface area contributed by atoms with Crippen LogP contribution in [0.15, 0.2) is 30.3 Å². The van der Waals surface area contributed by atoms with Gasteiger partial charge in [-0.2, -0.15) is 0 Å². The van der Waals surface area contributed by atoms with Gasteiger partial charge < -0.3 is 10.1 Å². The van der Waals surface area contributed by atoms with Crippen molar-refractivity contribution in [1.29, 1.82) is 0 Å². The Balaban J connectivity index is 1.78. The fourth-order valence-electron chi connectivity index (χ4n) is 3.63. The van der Waals surface area contributed by atoms with E-state index in [2.05, 4.69) is 63.3 Å². The molecular weight excluding hydrogens is 246 g/mol. The molecule has 0 aromatic heterocycles. The molecule has 1 aliphatic heterocycles. The second-order valence-electron chi connectivity index (χ2n) is 7.61. The Morgan fingerprint density at radius 2 is 1.75 bits per heavy atom. The Morgan fingerprint density at radius 1 is 1.10 bits per heavy atom. The van der Waals surface area contributed by atoms with Gasteiger partial charge in [0.15, 0.2) is 0 Å². The van der Waals surface area contributed by atoms with Gasteiger partial charge in [0.2, 0.25) is 0 Å². The van der Waals surface area contributed by atoms with Gasteiger partial charge in [-0.25, -0.2) is 0 Å². The van der Waals surface area contributed by atoms with Crippen LogP contribution < -0.4 is 5.32 Å². The molecule has 0 bridgehead atoms. The molecule has 1 N–H and O–H groups in total. The van der Waals surface area contributed by atoms with Gasteiger partial charge in [0.25, 0.3) is 0 Å². The molecule has 20 heavy (non-hydrogen) atoms. The SMILES string of the molecule is CC1(C)CC(NC(c2ccccc2)C2CC2)C(C)(C)O1. The number of nitrogens with one attached hydrogen (secondary N) is 1. The molecule has 2 atom stereocenters. The van der Waals surface area contributed by atoms with Crippen molar-refractivity contribution >= 4 is 0 Å². The molecule has 2 heteroatoms. The Hall–Kier alpha value is -0.860. The van der Waals surface area contributed by atoms with Crippen LogP contribution in [0.5, 0.6) is 0 Å². The maximum absolute atomic E-state index is 6.22. The van der Waals surface area contributed by atoms with Gasteiger partial charge in [0, 0.05) is 12.1 Å². The molecule has 110 valence electrons. The van der Waals surface area contributed by atoms with E-state index in [9.17, 15) is 0 Å². The van der Waals surface area contributed by atoms with Crippen molar-refractivity contribution in [2.24, 2.45) is 5.92 Å². The van der Waals surface area contributed by atoms with Gasteiger partial charge in [-0.05, 0) is 58.4 Å². The van der Waals surface area contributed by atoms with E-state index in [1.807, 2.05) is 0 Å². The fourth-order valence-corrected chi connectivity index (χ4v) is 3.63. The lowest BCUT2D eigenvalue weighted by molar-refractivity contribution is -0.0706. The maximum Gasteiger partial charge on any atom is 0.0787 e. The van der Waals surface area contributed by atoms with Crippen LogP contribution in [-0.2, 0) is 4.74 Å². The van der Waals surface area contributed by atoms with Gasteiger partial charge in [0.1, 0.15) is 0 Å². The largest absolute Gasteiger partial charge is 0.368 e. The minimum absolute atomic E-state index is 0.0219. The molecule has 3 rings (SSSR count). The lowest BCUT2D eigenvalue weighted by Gasteiger charge is -2.31. The minimum Gasteiger partial charge on any atom is -0.368 e. The van der Waals surface area contributed by atoms with Crippen LogP contribution in [0.1, 0.15) is 58.6 Å². The van der Waals surface area contributed by atoms with Crippen molar-refractivity contribution in [2.45, 2.75) is 70.2 Å². The van der Waals surface area contributed by atoms with Crippen molar-refractivity contribution in [2.75, 3.05) is 0 Å². The highest BCUT2D eigenvalue weighted by molar-refractivity contribution is 5.22. The number of rotatable bonds is 4. The molecule has 2 fully saturated rings. The summed E-state index contributed by atoms with van der Waals surface area (Å²) in [6.07, 6.45) is 3.78. The van der Waals surface area contributed by atoms with Gasteiger partial charge in [-0.1, -0.05) is 30.3 Å². The predicted molar refractivity (Wildman–Crippen MR) is 82.7 cm³/mol. The number of ether oxygens (including phenoxy) is 1. The highest BCUT2D eigenvalue weighted by atomic mass is 16.5. The second-order valence-corrected chi connectivity index (χ2v) is 7.61. The summed E-state index contributed by atoms with van der Waals surface area (Å²) in [6, 6.07) is 11.8. The van der Waals surface area contributed by atoms with Crippen LogP contribution in [0.4, 0.5) is 0 Å². The molecule has 1 saturated heterocycles. The monoisotopic (exact) mass is 273 g/mol. The molecule has 2 nitrogen and oxygen atoms in total. The average molecular weight is 273 g/mol. The number of benzene rings is 1. The van der Waals surface area contributed by atoms with E-state index >= 15 is 0 Å². The van der Waals surface area contributed by atoms with Crippen LogP contribution in [0, 0.1) is 5.92 Å². The average Bonchev–Trinajstić information content (AvgIpc) is 3.15. The van der Waals surface area contributed by atoms with Crippen LogP contribution in [0.25, 0.3) is 0 Å². The van der Waals surface area contributed by atoms with Gasteiger partial charge >= 0.3 is 0 Å². The minimum atomic E-state index is -0.0918. The van der Waals surface area contributed by atoms with E-state index in [1.165, 1.54) is 18.4 Å². The summed E-state index contributed by atoms with van der Waals surface area (Å²) in [5.41, 5.74) is 1.31. The summed E-state index contributed by atoms with van der Waals surface area (Å²) >= 11 is 0. The zero-order valence-corrected chi connectivity index (χ0v) is 13.1. The van der Waals surface area contributed by atoms with Crippen molar-refractivity contribution in [3.05, 3.63) is 35.9 Å². The Morgan fingerprint density at radius 3 is 2.25 bits per heavy atom. The molecular formula is C18H27NO. The summed E-state index contributed by atoms with van der Waals surface area (Å²) in [6.45, 7) is 8.83. The molecule has 1 aliphatic carbocycles. The first kappa shape index (κ1) is 14.1. The molecule has 1 heterocycles. The first-order valence-corrected chi connectivity index (χ1v) is 7.89. The Kier molecular flexibility index (Phi) is 3.42. The second kappa shape index (κ2) is 4.85. The summed E-state index contributed by atoms with van der Waals surface area (Å²) in [5.74, 6) is 0.803. The van der Waals surface area contributed by atoms with Gasteiger partial charge in [-0.3, -0.25) is 0 Å². The molecule has 1 aromatic carbocycles. The predicted octanol–water partition coefficient (Wildman–Crippen LogP) is 4.07. The maximum atomic E-state index is 6.22. The number of hydrogen-bond acceptors (Lipinski definition) is 2. The summed E-state index contributed by atoms with van der Waals surface area (Å²) < 4.78 is 6.22. The smallest absolute Gasteiger partial charge is 0.0787 e. The zero-order chi connectivity index (χ0) is 14.4. The standard InChI is InChI=1S/C18H27NO/c1-17(2)12-15(18(3,4)20-17)19-16(14-10-11-14)13-8-6-5-7-9-13/h5-9,14-16,19H,10-12H2,1-4H3. The van der Waals surface area contributed by atoms with Crippen LogP contribution in [-0.4, -0.2) is 17.2 Å². The van der Waals surface area contributed by atoms with E-state index in [1.54, 1.807) is 0 Å². The Bertz CT molecular complexity index is 462. The van der Waals surface area contributed by atoms with Crippen molar-refractivity contribution in [1.82, 2.24) is 5.32 Å². The van der Waals surface area contributed by atoms with E-state index in [0.717, 1.165) is 12.3 Å². The third-order valence-corrected chi connectivity index (χ3v) is 4.71. The Labute approximate surface area is 122 Å². The van der Waals surface area contributed by atoms with Crippen molar-refractivity contribution < 1.29 is 4.74 Å². The third-order valence-electron chi connectivity index (χ3n) is 4.71. The molecule has 0 radical (unpaired) electrons. The lowest BCUT2D eigenvalue weighted by atomic mass is 9.91. The van der Waals surface area contributed by atoms with E-state index in [-0.39, 0.29) is 11.2 Å². The van der Waals surface area contributed by atoms with E-state index in [0.29, 0.717) is 12.1 Å². The highest BCUT2D eigenvalue weighted by Crippen LogP contribution is 2.44. The van der Waals surface area contributed by atoms with Crippen LogP contribution in [0.3, 0.4) is 0 Å². The van der Waals surface area contributed by atoms with Crippen molar-refractivity contribution in [3.63, 3.8) is 0 Å². The van der Waals surface area contributed by atoms with Gasteiger partial charge in [0.05, 0.1) is 11.2 Å². The summed E-state index contributed by atoms with van der Waals surface area (Å²) in [5, 5.41) is 3.92. The van der Waals surface area contributed by atoms with Crippen LogP contribution in [0.2, 0.25) is 0 Å².